The summed E-state index contributed by atoms with van der Waals surface area (Å²) < 4.78 is 23.0. The molecule has 1 aromatic carbocycles. The average Bonchev–Trinajstić information content (AvgIpc) is 3.22. The molecule has 3 aromatic rings. The number of anilines is 1. The minimum atomic E-state index is -1.25. The van der Waals surface area contributed by atoms with E-state index in [4.69, 9.17) is 16.3 Å². The van der Waals surface area contributed by atoms with Gasteiger partial charge < -0.3 is 19.7 Å². The van der Waals surface area contributed by atoms with Gasteiger partial charge in [0.1, 0.15) is 16.9 Å². The second-order valence-electron chi connectivity index (χ2n) is 10.8. The first kappa shape index (κ1) is 27.2. The highest BCUT2D eigenvalue weighted by Gasteiger charge is 2.32. The van der Waals surface area contributed by atoms with Gasteiger partial charge in [-0.15, -0.1) is 0 Å². The molecule has 2 heterocycles. The van der Waals surface area contributed by atoms with E-state index in [0.29, 0.717) is 35.0 Å². The number of fused-ring (bicyclic) bond motifs is 1. The molecule has 0 saturated heterocycles. The number of benzene rings is 1. The number of rotatable bonds is 7. The van der Waals surface area contributed by atoms with Crippen molar-refractivity contribution in [1.29, 1.82) is 5.26 Å². The van der Waals surface area contributed by atoms with Gasteiger partial charge in [0.15, 0.2) is 5.82 Å². The number of aliphatic hydroxyl groups is 1. The number of imidazole rings is 1. The molecule has 0 unspecified atom stereocenters. The molecule has 0 amide bonds. The molecule has 1 saturated carbocycles. The van der Waals surface area contributed by atoms with Crippen molar-refractivity contribution in [3.8, 4) is 17.3 Å². The van der Waals surface area contributed by atoms with Crippen molar-refractivity contribution in [1.82, 2.24) is 19.5 Å². The monoisotopic (exact) mass is 528 g/mol. The Hall–Kier alpha value is -2.80. The molecule has 10 heteroatoms. The third-order valence-corrected chi connectivity index (χ3v) is 6.85. The Kier molecular flexibility index (Phi) is 7.75. The number of ether oxygens (including phenoxy) is 1. The number of nitriles is 1. The van der Waals surface area contributed by atoms with E-state index >= 15 is 4.39 Å². The van der Waals surface area contributed by atoms with Gasteiger partial charge in [0.2, 0.25) is 5.95 Å². The zero-order valence-corrected chi connectivity index (χ0v) is 22.8. The van der Waals surface area contributed by atoms with Crippen molar-refractivity contribution in [3.05, 3.63) is 35.0 Å². The fraction of sp³-hybridized carbons (Fsp3) is 0.556. The molecule has 0 aliphatic heterocycles. The highest BCUT2D eigenvalue weighted by atomic mass is 35.5. The van der Waals surface area contributed by atoms with Crippen molar-refractivity contribution in [2.45, 2.75) is 90.7 Å². The second-order valence-corrected chi connectivity index (χ2v) is 11.2. The standard InChI is InChI=1S/C27H34ClFN6O2/c1-14(2)35-22-11-16(10-20(29)24(22)33-25(35)27(5,6)36)23-19(28)13-31-26(34-23)32-21-8-7-18(37-15(3)4)9-17(21)12-30/h10-11,13-15,17-18,21,36H,7-9H2,1-6H3,(H,31,32,34)/t17-,18+,21+/m0/s1. The second kappa shape index (κ2) is 10.5. The van der Waals surface area contributed by atoms with Gasteiger partial charge in [0.05, 0.1) is 46.6 Å². The molecule has 37 heavy (non-hydrogen) atoms. The lowest BCUT2D eigenvalue weighted by atomic mass is 9.83. The Labute approximate surface area is 221 Å². The molecule has 1 aliphatic rings. The van der Waals surface area contributed by atoms with Crippen LogP contribution in [0.4, 0.5) is 10.3 Å². The molecular weight excluding hydrogens is 495 g/mol. The summed E-state index contributed by atoms with van der Waals surface area (Å²) in [6.07, 6.45) is 3.85. The Bertz CT molecular complexity index is 1330. The Morgan fingerprint density at radius 1 is 1.24 bits per heavy atom. The van der Waals surface area contributed by atoms with E-state index in [1.54, 1.807) is 19.9 Å². The van der Waals surface area contributed by atoms with Crippen LogP contribution in [0.3, 0.4) is 0 Å². The molecule has 2 N–H and O–H groups in total. The number of nitrogens with zero attached hydrogens (tertiary/aromatic N) is 5. The van der Waals surface area contributed by atoms with E-state index in [0.717, 1.165) is 12.8 Å². The molecule has 2 aromatic heterocycles. The van der Waals surface area contributed by atoms with E-state index in [9.17, 15) is 10.4 Å². The molecule has 0 radical (unpaired) electrons. The summed E-state index contributed by atoms with van der Waals surface area (Å²) in [7, 11) is 0. The van der Waals surface area contributed by atoms with E-state index in [2.05, 4.69) is 26.3 Å². The number of hydrogen-bond donors (Lipinski definition) is 2. The van der Waals surface area contributed by atoms with Gasteiger partial charge in [-0.3, -0.25) is 0 Å². The molecule has 1 aliphatic carbocycles. The Morgan fingerprint density at radius 2 is 1.97 bits per heavy atom. The van der Waals surface area contributed by atoms with E-state index < -0.39 is 11.4 Å². The fourth-order valence-electron chi connectivity index (χ4n) is 5.00. The predicted octanol–water partition coefficient (Wildman–Crippen LogP) is 5.99. The van der Waals surface area contributed by atoms with Gasteiger partial charge in [-0.2, -0.15) is 5.26 Å². The summed E-state index contributed by atoms with van der Waals surface area (Å²) >= 11 is 6.47. The summed E-state index contributed by atoms with van der Waals surface area (Å²) in [5.41, 5.74) is 0.299. The SMILES string of the molecule is CC(C)O[C@@H]1CC[C@@H](Nc2ncc(Cl)c(-c3cc(F)c4nc(C(C)(C)O)n(C(C)C)c4c3)n2)[C@H](C#N)C1. The van der Waals surface area contributed by atoms with Gasteiger partial charge in [-0.1, -0.05) is 11.6 Å². The van der Waals surface area contributed by atoms with Crippen LogP contribution in [-0.2, 0) is 10.3 Å². The average molecular weight is 529 g/mol. The van der Waals surface area contributed by atoms with Gasteiger partial charge in [0.25, 0.3) is 0 Å². The summed E-state index contributed by atoms with van der Waals surface area (Å²) in [5, 5.41) is 24.0. The van der Waals surface area contributed by atoms with Crippen molar-refractivity contribution in [3.63, 3.8) is 0 Å². The first-order valence-corrected chi connectivity index (χ1v) is 13.1. The minimum Gasteiger partial charge on any atom is -0.383 e. The van der Waals surface area contributed by atoms with Crippen LogP contribution in [0.5, 0.6) is 0 Å². The molecule has 1 fully saturated rings. The third-order valence-electron chi connectivity index (χ3n) is 6.58. The van der Waals surface area contributed by atoms with Crippen LogP contribution in [0.2, 0.25) is 5.02 Å². The highest BCUT2D eigenvalue weighted by Crippen LogP contribution is 2.35. The highest BCUT2D eigenvalue weighted by molar-refractivity contribution is 6.33. The van der Waals surface area contributed by atoms with Crippen LogP contribution in [0.1, 0.15) is 72.7 Å². The lowest BCUT2D eigenvalue weighted by molar-refractivity contribution is -0.0204. The summed E-state index contributed by atoms with van der Waals surface area (Å²) in [6.45, 7) is 11.1. The Balaban J connectivity index is 1.69. The van der Waals surface area contributed by atoms with E-state index in [1.165, 1.54) is 12.3 Å². The van der Waals surface area contributed by atoms with Crippen molar-refractivity contribution < 1.29 is 14.2 Å². The van der Waals surface area contributed by atoms with Gasteiger partial charge >= 0.3 is 0 Å². The van der Waals surface area contributed by atoms with E-state index in [1.807, 2.05) is 32.3 Å². The van der Waals surface area contributed by atoms with Crippen LogP contribution < -0.4 is 5.32 Å². The zero-order chi connectivity index (χ0) is 27.1. The molecular formula is C27H34ClFN6O2. The van der Waals surface area contributed by atoms with E-state index in [-0.39, 0.29) is 40.7 Å². The summed E-state index contributed by atoms with van der Waals surface area (Å²) in [5.74, 6) is -0.0866. The van der Waals surface area contributed by atoms with Crippen LogP contribution in [-0.4, -0.2) is 42.9 Å². The number of halogens is 2. The predicted molar refractivity (Wildman–Crippen MR) is 142 cm³/mol. The number of hydrogen-bond acceptors (Lipinski definition) is 7. The first-order valence-electron chi connectivity index (χ1n) is 12.7. The normalized spacial score (nSPS) is 20.5. The molecule has 198 valence electrons. The topological polar surface area (TPSA) is 109 Å². The zero-order valence-electron chi connectivity index (χ0n) is 22.1. The molecule has 3 atom stereocenters. The summed E-state index contributed by atoms with van der Waals surface area (Å²) in [4.78, 5) is 13.4. The first-order chi connectivity index (χ1) is 17.4. The van der Waals surface area contributed by atoms with Crippen LogP contribution in [0.15, 0.2) is 18.3 Å². The molecule has 0 spiro atoms. The van der Waals surface area contributed by atoms with Crippen LogP contribution in [0.25, 0.3) is 22.3 Å². The minimum absolute atomic E-state index is 0.0543. The molecule has 4 rings (SSSR count). The van der Waals surface area contributed by atoms with Gasteiger partial charge in [-0.05, 0) is 72.9 Å². The Morgan fingerprint density at radius 3 is 2.59 bits per heavy atom. The maximum absolute atomic E-state index is 15.3. The number of nitrogens with one attached hydrogen (secondary N) is 1. The smallest absolute Gasteiger partial charge is 0.223 e. The van der Waals surface area contributed by atoms with Crippen molar-refractivity contribution in [2.75, 3.05) is 5.32 Å². The molecule has 8 nitrogen and oxygen atoms in total. The van der Waals surface area contributed by atoms with Crippen LogP contribution >= 0.6 is 11.6 Å². The largest absolute Gasteiger partial charge is 0.383 e. The van der Waals surface area contributed by atoms with Gasteiger partial charge in [0, 0.05) is 17.6 Å². The third kappa shape index (κ3) is 5.71. The number of aromatic nitrogens is 4. The van der Waals surface area contributed by atoms with Crippen LogP contribution in [0, 0.1) is 23.1 Å². The van der Waals surface area contributed by atoms with Crippen molar-refractivity contribution >= 4 is 28.6 Å². The lowest BCUT2D eigenvalue weighted by Crippen LogP contribution is -2.38. The lowest BCUT2D eigenvalue weighted by Gasteiger charge is -2.33. The van der Waals surface area contributed by atoms with Gasteiger partial charge in [-0.25, -0.2) is 19.3 Å². The summed E-state index contributed by atoms with van der Waals surface area (Å²) in [6, 6.07) is 5.31. The van der Waals surface area contributed by atoms with Crippen molar-refractivity contribution in [2.24, 2.45) is 5.92 Å². The molecule has 0 bridgehead atoms. The maximum Gasteiger partial charge on any atom is 0.223 e. The maximum atomic E-state index is 15.3. The quantitative estimate of drug-likeness (QED) is 0.387. The fourth-order valence-corrected chi connectivity index (χ4v) is 5.20.